The zero-order valence-corrected chi connectivity index (χ0v) is 21.8. The van der Waals surface area contributed by atoms with Crippen LogP contribution in [0, 0.1) is 0 Å². The van der Waals surface area contributed by atoms with Gasteiger partial charge < -0.3 is 14.0 Å². The fourth-order valence-electron chi connectivity index (χ4n) is 6.03. The number of hydrogen-bond donors (Lipinski definition) is 0. The molecule has 1 aliphatic rings. The number of aromatic nitrogens is 1. The number of rotatable bonds is 5. The Hall–Kier alpha value is -2.46. The summed E-state index contributed by atoms with van der Waals surface area (Å²) in [7, 11) is 5.68. The maximum Gasteiger partial charge on any atom is 0.161 e. The summed E-state index contributed by atoms with van der Waals surface area (Å²) in [5.41, 5.74) is 5.44. The van der Waals surface area contributed by atoms with Crippen LogP contribution in [-0.2, 0) is 0 Å². The predicted molar refractivity (Wildman–Crippen MR) is 139 cm³/mol. The van der Waals surface area contributed by atoms with Crippen LogP contribution in [0.2, 0.25) is 0 Å². The number of likely N-dealkylation sites (tertiary alicyclic amines) is 1. The van der Waals surface area contributed by atoms with E-state index >= 15 is 0 Å². The Kier molecular flexibility index (Phi) is 6.03. The molecule has 0 bridgehead atoms. The minimum atomic E-state index is 0.102. The van der Waals surface area contributed by atoms with E-state index in [0.717, 1.165) is 24.3 Å². The number of hydrogen-bond acceptors (Lipinski definition) is 3. The molecule has 0 aliphatic carbocycles. The third-order valence-electron chi connectivity index (χ3n) is 7.84. The van der Waals surface area contributed by atoms with Gasteiger partial charge in [-0.05, 0) is 83.3 Å². The van der Waals surface area contributed by atoms with Crippen molar-refractivity contribution in [2.24, 2.45) is 0 Å². The first-order valence-electron chi connectivity index (χ1n) is 12.1. The molecule has 0 N–H and O–H groups in total. The normalized spacial score (nSPS) is 18.7. The number of nitrogens with zero attached hydrogens (tertiary/aromatic N) is 2. The summed E-state index contributed by atoms with van der Waals surface area (Å²) in [5.74, 6) is 1.92. The summed E-state index contributed by atoms with van der Waals surface area (Å²) in [4.78, 5) is 2.56. The van der Waals surface area contributed by atoms with Crippen LogP contribution >= 0.6 is 0 Å². The average molecular weight is 449 g/mol. The highest BCUT2D eigenvalue weighted by molar-refractivity contribution is 5.93. The second-order valence-electron chi connectivity index (χ2n) is 11.1. The van der Waals surface area contributed by atoms with Gasteiger partial charge in [-0.2, -0.15) is 0 Å². The van der Waals surface area contributed by atoms with E-state index in [-0.39, 0.29) is 11.1 Å². The maximum atomic E-state index is 5.70. The quantitative estimate of drug-likeness (QED) is 0.410. The van der Waals surface area contributed by atoms with Crippen LogP contribution in [0.5, 0.6) is 11.5 Å². The van der Waals surface area contributed by atoms with E-state index in [1.165, 1.54) is 27.7 Å². The summed E-state index contributed by atoms with van der Waals surface area (Å²) in [6.45, 7) is 14.1. The third-order valence-corrected chi connectivity index (χ3v) is 7.84. The Morgan fingerprint density at radius 2 is 1.48 bits per heavy atom. The molecular weight excluding hydrogens is 408 g/mol. The second-order valence-corrected chi connectivity index (χ2v) is 11.1. The van der Waals surface area contributed by atoms with E-state index in [4.69, 9.17) is 9.47 Å². The SMILES string of the molecule is COc1ccc(-c2c(C(C)C)c3ccccc3n2C2CC(C)(C)N(C)C(C)(C)C2)cc1OC. The van der Waals surface area contributed by atoms with Gasteiger partial charge in [0.25, 0.3) is 0 Å². The van der Waals surface area contributed by atoms with Gasteiger partial charge in [-0.25, -0.2) is 0 Å². The summed E-state index contributed by atoms with van der Waals surface area (Å²) < 4.78 is 13.9. The monoisotopic (exact) mass is 448 g/mol. The Labute approximate surface area is 199 Å². The lowest BCUT2D eigenvalue weighted by Gasteiger charge is -2.54. The molecule has 1 saturated heterocycles. The molecule has 0 saturated carbocycles. The van der Waals surface area contributed by atoms with Crippen LogP contribution in [0.3, 0.4) is 0 Å². The highest BCUT2D eigenvalue weighted by Crippen LogP contribution is 2.48. The molecule has 33 heavy (non-hydrogen) atoms. The van der Waals surface area contributed by atoms with Gasteiger partial charge in [0.2, 0.25) is 0 Å². The first-order chi connectivity index (χ1) is 15.5. The average Bonchev–Trinajstić information content (AvgIpc) is 3.12. The minimum absolute atomic E-state index is 0.102. The van der Waals surface area contributed by atoms with Gasteiger partial charge in [0.05, 0.1) is 19.9 Å². The van der Waals surface area contributed by atoms with Crippen molar-refractivity contribution in [3.63, 3.8) is 0 Å². The molecule has 3 aromatic rings. The summed E-state index contributed by atoms with van der Waals surface area (Å²) in [6, 6.07) is 15.7. The number of fused-ring (bicyclic) bond motifs is 1. The van der Waals surface area contributed by atoms with Gasteiger partial charge in [0, 0.05) is 33.6 Å². The number of benzene rings is 2. The Balaban J connectivity index is 2.03. The smallest absolute Gasteiger partial charge is 0.161 e. The Morgan fingerprint density at radius 3 is 2.06 bits per heavy atom. The topological polar surface area (TPSA) is 26.6 Å². The van der Waals surface area contributed by atoms with Gasteiger partial charge in [-0.1, -0.05) is 32.0 Å². The van der Waals surface area contributed by atoms with Crippen molar-refractivity contribution in [1.29, 1.82) is 0 Å². The Morgan fingerprint density at radius 1 is 0.879 bits per heavy atom. The van der Waals surface area contributed by atoms with Crippen LogP contribution in [0.15, 0.2) is 42.5 Å². The van der Waals surface area contributed by atoms with E-state index in [9.17, 15) is 0 Å². The molecule has 4 heteroatoms. The van der Waals surface area contributed by atoms with Crippen molar-refractivity contribution in [3.8, 4) is 22.8 Å². The van der Waals surface area contributed by atoms with E-state index in [2.05, 4.69) is 94.5 Å². The van der Waals surface area contributed by atoms with Gasteiger partial charge in [0.1, 0.15) is 0 Å². The van der Waals surface area contributed by atoms with Crippen LogP contribution in [0.1, 0.15) is 71.9 Å². The van der Waals surface area contributed by atoms with Crippen molar-refractivity contribution >= 4 is 10.9 Å². The molecule has 1 aromatic heterocycles. The number of para-hydroxylation sites is 1. The number of piperidine rings is 1. The summed E-state index contributed by atoms with van der Waals surface area (Å²) in [6.07, 6.45) is 2.20. The molecule has 1 aliphatic heterocycles. The zero-order valence-electron chi connectivity index (χ0n) is 21.8. The van der Waals surface area contributed by atoms with Gasteiger partial charge in [0.15, 0.2) is 11.5 Å². The molecule has 4 nitrogen and oxygen atoms in total. The van der Waals surface area contributed by atoms with E-state index in [1.807, 2.05) is 6.07 Å². The summed E-state index contributed by atoms with van der Waals surface area (Å²) >= 11 is 0. The lowest BCUT2D eigenvalue weighted by atomic mass is 9.77. The van der Waals surface area contributed by atoms with E-state index in [0.29, 0.717) is 12.0 Å². The van der Waals surface area contributed by atoms with E-state index < -0.39 is 0 Å². The molecular formula is C29H40N2O2. The molecule has 2 heterocycles. The van der Waals surface area contributed by atoms with Crippen LogP contribution in [0.25, 0.3) is 22.2 Å². The van der Waals surface area contributed by atoms with Crippen LogP contribution in [-0.4, -0.2) is 41.8 Å². The molecule has 0 radical (unpaired) electrons. The summed E-state index contributed by atoms with van der Waals surface area (Å²) in [5, 5.41) is 1.35. The Bertz CT molecular complexity index is 1140. The third kappa shape index (κ3) is 3.93. The fraction of sp³-hybridized carbons (Fsp3) is 0.517. The first kappa shape index (κ1) is 23.7. The lowest BCUT2D eigenvalue weighted by molar-refractivity contribution is -0.0249. The standard InChI is InChI=1S/C29H40N2O2/c1-19(2)26-22-12-10-11-13-23(22)31(21-17-28(3,4)30(7)29(5,6)18-21)27(26)20-14-15-24(32-8)25(16-20)33-9/h10-16,19,21H,17-18H2,1-9H3. The van der Waals surface area contributed by atoms with Gasteiger partial charge >= 0.3 is 0 Å². The predicted octanol–water partition coefficient (Wildman–Crippen LogP) is 7.27. The second kappa shape index (κ2) is 8.39. The molecule has 2 aromatic carbocycles. The molecule has 0 atom stereocenters. The number of ether oxygens (including phenoxy) is 2. The van der Waals surface area contributed by atoms with E-state index in [1.54, 1.807) is 14.2 Å². The highest BCUT2D eigenvalue weighted by Gasteiger charge is 2.44. The first-order valence-corrected chi connectivity index (χ1v) is 12.1. The van der Waals surface area contributed by atoms with Crippen molar-refractivity contribution in [3.05, 3.63) is 48.0 Å². The largest absolute Gasteiger partial charge is 0.493 e. The maximum absolute atomic E-state index is 5.70. The molecule has 4 rings (SSSR count). The molecule has 178 valence electrons. The van der Waals surface area contributed by atoms with Crippen molar-refractivity contribution in [2.45, 2.75) is 77.4 Å². The van der Waals surface area contributed by atoms with Gasteiger partial charge in [-0.3, -0.25) is 4.90 Å². The molecule has 0 unspecified atom stereocenters. The zero-order chi connectivity index (χ0) is 24.1. The molecule has 0 spiro atoms. The van der Waals surface area contributed by atoms with Crippen LogP contribution in [0.4, 0.5) is 0 Å². The lowest BCUT2D eigenvalue weighted by Crippen LogP contribution is -2.58. The fourth-order valence-corrected chi connectivity index (χ4v) is 6.03. The highest BCUT2D eigenvalue weighted by atomic mass is 16.5. The molecule has 1 fully saturated rings. The van der Waals surface area contributed by atoms with Crippen molar-refractivity contribution in [2.75, 3.05) is 21.3 Å². The van der Waals surface area contributed by atoms with Crippen molar-refractivity contribution < 1.29 is 9.47 Å². The molecule has 0 amide bonds. The number of methoxy groups -OCH3 is 2. The van der Waals surface area contributed by atoms with Crippen molar-refractivity contribution in [1.82, 2.24) is 9.47 Å². The van der Waals surface area contributed by atoms with Crippen LogP contribution < -0.4 is 9.47 Å². The minimum Gasteiger partial charge on any atom is -0.493 e. The van der Waals surface area contributed by atoms with Gasteiger partial charge in [-0.15, -0.1) is 0 Å².